The van der Waals surface area contributed by atoms with Gasteiger partial charge in [0.1, 0.15) is 13.2 Å². The number of amides is 2. The molecule has 0 aromatic heterocycles. The fourth-order valence-electron chi connectivity index (χ4n) is 10.3. The predicted octanol–water partition coefficient (Wildman–Crippen LogP) is 8.13. The first-order chi connectivity index (χ1) is 34.5. The highest BCUT2D eigenvalue weighted by Gasteiger charge is 2.41. The van der Waals surface area contributed by atoms with Gasteiger partial charge in [-0.2, -0.15) is 0 Å². The van der Waals surface area contributed by atoms with E-state index in [2.05, 4.69) is 45.0 Å². The molecule has 5 aromatic carbocycles. The van der Waals surface area contributed by atoms with Crippen molar-refractivity contribution < 1.29 is 47.5 Å². The molecule has 374 valence electrons. The van der Waals surface area contributed by atoms with Gasteiger partial charge in [0.25, 0.3) is 11.8 Å². The molecule has 4 aliphatic heterocycles. The number of nitrogens with zero attached hydrogens (tertiary/aromatic N) is 5. The van der Waals surface area contributed by atoms with Gasteiger partial charge >= 0.3 is 0 Å². The zero-order chi connectivity index (χ0) is 49.6. The standard InChI is InChI=1S/C55H62IN5O10/c1-57-32-41-26-38-11-6-8-13-45(38)60(41)54(63)43-28-49(66-4)51(30-47(43)57)70-34-36-23-37(25-40(24-36)59(16-10-15-53(56)62)17-18-68-21-22-69-20-19-65-3)35-71-52-31-48-44(29-50(52)67-5)55(64)61-42(33-58(48)2)27-39-12-7-9-14-46(39)61/h6-9,11-14,23-25,28-31,41-42H,10,15-22,26-27,32-35H2,1-5H3/t41-,42-/m0/s1. The summed E-state index contributed by atoms with van der Waals surface area (Å²) in [4.78, 5) is 51.1. The van der Waals surface area contributed by atoms with Crippen molar-refractivity contribution in [1.29, 1.82) is 0 Å². The molecule has 2 atom stereocenters. The van der Waals surface area contributed by atoms with Gasteiger partial charge in [-0.25, -0.2) is 0 Å². The number of carbonyl (C=O) groups excluding carboxylic acids is 3. The van der Waals surface area contributed by atoms with E-state index in [0.29, 0.717) is 106 Å². The van der Waals surface area contributed by atoms with Gasteiger partial charge in [0.2, 0.25) is 0 Å². The van der Waals surface area contributed by atoms with E-state index in [0.717, 1.165) is 52.4 Å². The molecular formula is C55H62IN5O10. The van der Waals surface area contributed by atoms with Gasteiger partial charge < -0.3 is 57.7 Å². The quantitative estimate of drug-likeness (QED) is 0.0376. The Kier molecular flexibility index (Phi) is 15.8. The topological polar surface area (TPSA) is 132 Å². The van der Waals surface area contributed by atoms with Gasteiger partial charge in [-0.15, -0.1) is 0 Å². The molecule has 16 heteroatoms. The van der Waals surface area contributed by atoms with E-state index in [4.69, 9.17) is 33.2 Å². The van der Waals surface area contributed by atoms with Gasteiger partial charge in [-0.05, 0) is 107 Å². The number of carbonyl (C=O) groups is 3. The number of hydrogen-bond acceptors (Lipinski definition) is 13. The van der Waals surface area contributed by atoms with Crippen LogP contribution in [0.5, 0.6) is 23.0 Å². The summed E-state index contributed by atoms with van der Waals surface area (Å²) in [7, 11) is 8.84. The zero-order valence-corrected chi connectivity index (χ0v) is 43.3. The average molecular weight is 1080 g/mol. The normalized spacial score (nSPS) is 16.6. The lowest BCUT2D eigenvalue weighted by atomic mass is 10.1. The highest BCUT2D eigenvalue weighted by molar-refractivity contribution is 14.1. The third-order valence-electron chi connectivity index (χ3n) is 13.7. The van der Waals surface area contributed by atoms with Crippen LogP contribution in [0.3, 0.4) is 0 Å². The van der Waals surface area contributed by atoms with Crippen LogP contribution in [0.4, 0.5) is 28.4 Å². The van der Waals surface area contributed by atoms with Crippen molar-refractivity contribution in [3.63, 3.8) is 0 Å². The number of hydrogen-bond donors (Lipinski definition) is 0. The van der Waals surface area contributed by atoms with E-state index >= 15 is 0 Å². The Labute approximate surface area is 429 Å². The number of halogens is 1. The first-order valence-corrected chi connectivity index (χ1v) is 25.3. The van der Waals surface area contributed by atoms with Crippen LogP contribution in [0.2, 0.25) is 0 Å². The molecule has 0 radical (unpaired) electrons. The summed E-state index contributed by atoms with van der Waals surface area (Å²) < 4.78 is 42.0. The van der Waals surface area contributed by atoms with E-state index in [-0.39, 0.29) is 40.9 Å². The summed E-state index contributed by atoms with van der Waals surface area (Å²) in [5.74, 6) is 1.79. The van der Waals surface area contributed by atoms with Crippen LogP contribution in [0.15, 0.2) is 91.0 Å². The number of rotatable bonds is 22. The smallest absolute Gasteiger partial charge is 0.260 e. The first-order valence-electron chi connectivity index (χ1n) is 24.2. The Morgan fingerprint density at radius 1 is 0.606 bits per heavy atom. The van der Waals surface area contributed by atoms with E-state index < -0.39 is 0 Å². The molecule has 71 heavy (non-hydrogen) atoms. The van der Waals surface area contributed by atoms with E-state index in [1.165, 1.54) is 11.1 Å². The van der Waals surface area contributed by atoms with Crippen molar-refractivity contribution in [1.82, 2.24) is 0 Å². The summed E-state index contributed by atoms with van der Waals surface area (Å²) in [5, 5.41) is 0. The van der Waals surface area contributed by atoms with Crippen molar-refractivity contribution in [2.75, 3.05) is 119 Å². The van der Waals surface area contributed by atoms with E-state index in [9.17, 15) is 14.4 Å². The second kappa shape index (κ2) is 22.6. The lowest BCUT2D eigenvalue weighted by molar-refractivity contribution is -0.109. The van der Waals surface area contributed by atoms with E-state index in [1.54, 1.807) is 33.5 Å². The Morgan fingerprint density at radius 3 is 1.59 bits per heavy atom. The van der Waals surface area contributed by atoms with Crippen molar-refractivity contribution >= 4 is 66.6 Å². The average Bonchev–Trinajstić information content (AvgIpc) is 3.88. The minimum atomic E-state index is -0.0658. The molecule has 9 rings (SSSR count). The number of fused-ring (bicyclic) bond motifs is 8. The Hall–Kier alpha value is -6.08. The van der Waals surface area contributed by atoms with Crippen molar-refractivity contribution in [3.8, 4) is 23.0 Å². The molecule has 15 nitrogen and oxygen atoms in total. The molecule has 0 aliphatic carbocycles. The lowest BCUT2D eigenvalue weighted by Gasteiger charge is -2.26. The molecule has 0 bridgehead atoms. The second-order valence-corrected chi connectivity index (χ2v) is 19.6. The number of benzene rings is 5. The molecule has 4 aliphatic rings. The summed E-state index contributed by atoms with van der Waals surface area (Å²) in [6.07, 6.45) is 2.66. The van der Waals surface area contributed by atoms with Crippen LogP contribution in [-0.4, -0.2) is 122 Å². The van der Waals surface area contributed by atoms with Crippen LogP contribution in [-0.2, 0) is 45.1 Å². The Bertz CT molecular complexity index is 2600. The summed E-state index contributed by atoms with van der Waals surface area (Å²) in [5.41, 5.74) is 9.52. The monoisotopic (exact) mass is 1080 g/mol. The minimum absolute atomic E-state index is 0.00124. The fourth-order valence-corrected chi connectivity index (χ4v) is 10.7. The van der Waals surface area contributed by atoms with Gasteiger partial charge in [0.05, 0.1) is 81.8 Å². The van der Waals surface area contributed by atoms with Crippen LogP contribution in [0.25, 0.3) is 0 Å². The SMILES string of the molecule is COCCOCCOCCN(CCCC(=O)I)c1cc(COc2cc3c(cc2OC)C(=O)N2c4ccccc4C[C@H]2CN3C)cc(COc2cc3c(cc2OC)C(=O)N2c4ccccc4C[C@H]2CN3C)c1. The van der Waals surface area contributed by atoms with Crippen molar-refractivity contribution in [2.24, 2.45) is 0 Å². The van der Waals surface area contributed by atoms with Crippen molar-refractivity contribution in [2.45, 2.75) is 51.0 Å². The molecule has 2 amide bonds. The maximum atomic E-state index is 14.3. The maximum Gasteiger partial charge on any atom is 0.260 e. The third kappa shape index (κ3) is 10.9. The Balaban J connectivity index is 1.00. The third-order valence-corrected chi connectivity index (χ3v) is 14.2. The molecule has 5 aromatic rings. The van der Waals surface area contributed by atoms with Crippen LogP contribution in [0, 0.1) is 0 Å². The van der Waals surface area contributed by atoms with Crippen LogP contribution < -0.4 is 43.4 Å². The first kappa shape index (κ1) is 49.9. The van der Waals surface area contributed by atoms with Crippen LogP contribution in [0.1, 0.15) is 55.8 Å². The number of anilines is 5. The second-order valence-electron chi connectivity index (χ2n) is 18.4. The lowest BCUT2D eigenvalue weighted by Crippen LogP contribution is -2.41. The highest BCUT2D eigenvalue weighted by Crippen LogP contribution is 2.44. The Morgan fingerprint density at radius 2 is 1.10 bits per heavy atom. The fraction of sp³-hybridized carbons (Fsp3) is 0.400. The number of ether oxygens (including phenoxy) is 7. The molecular weight excluding hydrogens is 1020 g/mol. The zero-order valence-electron chi connectivity index (χ0n) is 41.1. The molecule has 4 heterocycles. The molecule has 0 N–H and O–H groups in total. The van der Waals surface area contributed by atoms with Gasteiger partial charge in [-0.1, -0.05) is 36.4 Å². The molecule has 0 saturated carbocycles. The molecule has 0 spiro atoms. The summed E-state index contributed by atoms with van der Waals surface area (Å²) in [6, 6.07) is 29.9. The highest BCUT2D eigenvalue weighted by atomic mass is 127. The number of likely N-dealkylation sites (N-methyl/N-ethyl adjacent to an activating group) is 2. The van der Waals surface area contributed by atoms with E-state index in [1.807, 2.05) is 95.0 Å². The maximum absolute atomic E-state index is 14.3. The van der Waals surface area contributed by atoms with Gasteiger partial charge in [0.15, 0.2) is 26.8 Å². The minimum Gasteiger partial charge on any atom is -0.493 e. The van der Waals surface area contributed by atoms with Gasteiger partial charge in [-0.3, -0.25) is 14.4 Å². The molecule has 0 saturated heterocycles. The van der Waals surface area contributed by atoms with Crippen LogP contribution >= 0.6 is 22.6 Å². The number of methoxy groups -OCH3 is 3. The summed E-state index contributed by atoms with van der Waals surface area (Å²) in [6.45, 7) is 5.14. The molecule has 0 fully saturated rings. The largest absolute Gasteiger partial charge is 0.493 e. The summed E-state index contributed by atoms with van der Waals surface area (Å²) >= 11 is 1.85. The van der Waals surface area contributed by atoms with Gasteiger partial charge in [0, 0.05) is 83.0 Å². The molecule has 0 unspecified atom stereocenters. The number of para-hydroxylation sites is 2. The van der Waals surface area contributed by atoms with Crippen molar-refractivity contribution in [3.05, 3.63) is 124 Å². The predicted molar refractivity (Wildman–Crippen MR) is 283 cm³/mol.